The van der Waals surface area contributed by atoms with Crippen LogP contribution in [0.2, 0.25) is 0 Å². The Balaban J connectivity index is 1.47. The maximum atomic E-state index is 6.24. The molecule has 1 unspecified atom stereocenters. The monoisotopic (exact) mass is 347 g/mol. The highest BCUT2D eigenvalue weighted by Gasteiger charge is 2.57. The minimum Gasteiger partial charge on any atom is -0.489 e. The van der Waals surface area contributed by atoms with Crippen molar-refractivity contribution in [3.05, 3.63) is 29.8 Å². The van der Waals surface area contributed by atoms with E-state index in [-0.39, 0.29) is 24.4 Å². The van der Waals surface area contributed by atoms with Gasteiger partial charge in [-0.25, -0.2) is 0 Å². The number of fused-ring (bicyclic) bond motifs is 7. The molecule has 4 heterocycles. The van der Waals surface area contributed by atoms with Gasteiger partial charge in [-0.05, 0) is 19.9 Å². The molecule has 0 spiro atoms. The number of benzene rings is 1. The van der Waals surface area contributed by atoms with Crippen molar-refractivity contribution in [1.29, 1.82) is 0 Å². The molecule has 4 aliphatic heterocycles. The van der Waals surface area contributed by atoms with E-state index in [1.165, 1.54) is 0 Å². The third-order valence-corrected chi connectivity index (χ3v) is 4.90. The average molecular weight is 347 g/mol. The second kappa shape index (κ2) is 5.67. The summed E-state index contributed by atoms with van der Waals surface area (Å²) in [6.45, 7) is 4.61. The maximum Gasteiger partial charge on any atom is 0.190 e. The number of oxime groups is 1. The first kappa shape index (κ1) is 15.6. The van der Waals surface area contributed by atoms with Crippen molar-refractivity contribution in [3.8, 4) is 5.75 Å². The van der Waals surface area contributed by atoms with Crippen LogP contribution in [0.5, 0.6) is 5.75 Å². The van der Waals surface area contributed by atoms with Crippen LogP contribution in [0.1, 0.15) is 25.8 Å². The summed E-state index contributed by atoms with van der Waals surface area (Å²) in [7, 11) is 0. The third kappa shape index (κ3) is 2.71. The van der Waals surface area contributed by atoms with E-state index in [0.717, 1.165) is 17.0 Å². The molecule has 7 nitrogen and oxygen atoms in total. The van der Waals surface area contributed by atoms with Crippen molar-refractivity contribution in [1.82, 2.24) is 0 Å². The Morgan fingerprint density at radius 2 is 2.00 bits per heavy atom. The van der Waals surface area contributed by atoms with Gasteiger partial charge < -0.3 is 28.5 Å². The van der Waals surface area contributed by atoms with E-state index in [9.17, 15) is 0 Å². The predicted molar refractivity (Wildman–Crippen MR) is 86.1 cm³/mol. The molecule has 1 aromatic carbocycles. The second-order valence-electron chi connectivity index (χ2n) is 7.23. The zero-order valence-electron chi connectivity index (χ0n) is 14.2. The minimum atomic E-state index is -0.687. The first-order valence-electron chi connectivity index (χ1n) is 8.65. The molecule has 0 aliphatic carbocycles. The molecular weight excluding hydrogens is 326 g/mol. The highest BCUT2D eigenvalue weighted by atomic mass is 16.8. The molecule has 1 aromatic rings. The molecule has 5 atom stereocenters. The summed E-state index contributed by atoms with van der Waals surface area (Å²) in [5.41, 5.74) is 1.81. The van der Waals surface area contributed by atoms with E-state index in [1.807, 2.05) is 38.1 Å². The predicted octanol–water partition coefficient (Wildman–Crippen LogP) is 1.99. The zero-order valence-corrected chi connectivity index (χ0v) is 14.2. The second-order valence-corrected chi connectivity index (χ2v) is 7.23. The molecule has 2 fully saturated rings. The molecule has 0 aromatic heterocycles. The highest BCUT2D eigenvalue weighted by Crippen LogP contribution is 2.41. The summed E-state index contributed by atoms with van der Waals surface area (Å²) in [6.07, 6.45) is -0.864. The summed E-state index contributed by atoms with van der Waals surface area (Å²) in [6, 6.07) is 7.87. The highest BCUT2D eigenvalue weighted by molar-refractivity contribution is 5.90. The summed E-state index contributed by atoms with van der Waals surface area (Å²) >= 11 is 0. The van der Waals surface area contributed by atoms with Crippen LogP contribution in [0, 0.1) is 0 Å². The third-order valence-electron chi connectivity index (χ3n) is 4.90. The fourth-order valence-corrected chi connectivity index (χ4v) is 3.77. The molecule has 25 heavy (non-hydrogen) atoms. The quantitative estimate of drug-likeness (QED) is 0.715. The number of ether oxygens (including phenoxy) is 5. The number of hydrogen-bond acceptors (Lipinski definition) is 7. The molecule has 134 valence electrons. The molecule has 5 rings (SSSR count). The maximum absolute atomic E-state index is 6.24. The van der Waals surface area contributed by atoms with Crippen molar-refractivity contribution in [3.63, 3.8) is 0 Å². The number of rotatable bonds is 0. The van der Waals surface area contributed by atoms with Crippen LogP contribution in [0.25, 0.3) is 0 Å². The van der Waals surface area contributed by atoms with Crippen LogP contribution in [-0.2, 0) is 30.4 Å². The Morgan fingerprint density at radius 1 is 1.12 bits per heavy atom. The van der Waals surface area contributed by atoms with Crippen LogP contribution in [0.3, 0.4) is 0 Å². The molecule has 0 amide bonds. The molecule has 0 radical (unpaired) electrons. The lowest BCUT2D eigenvalue weighted by molar-refractivity contribution is -0.210. The lowest BCUT2D eigenvalue weighted by Crippen LogP contribution is -2.40. The van der Waals surface area contributed by atoms with Crippen LogP contribution in [0.4, 0.5) is 0 Å². The SMILES string of the molecule is CC1(C)O[C@H]2O[C@@H]3C4=NOC(COc5ccccc5CO[C@H]3[C@H]2O1)C4. The Hall–Kier alpha value is -1.67. The van der Waals surface area contributed by atoms with Crippen molar-refractivity contribution < 1.29 is 28.5 Å². The lowest BCUT2D eigenvalue weighted by atomic mass is 10.0. The van der Waals surface area contributed by atoms with Crippen molar-refractivity contribution >= 4 is 5.71 Å². The van der Waals surface area contributed by atoms with E-state index >= 15 is 0 Å². The lowest BCUT2D eigenvalue weighted by Gasteiger charge is -2.25. The fraction of sp³-hybridized carbons (Fsp3) is 0.611. The van der Waals surface area contributed by atoms with Gasteiger partial charge in [-0.3, -0.25) is 0 Å². The molecule has 7 heteroatoms. The van der Waals surface area contributed by atoms with Crippen molar-refractivity contribution in [2.45, 2.75) is 63.4 Å². The first-order chi connectivity index (χ1) is 12.1. The topological polar surface area (TPSA) is 67.7 Å². The van der Waals surface area contributed by atoms with Crippen LogP contribution in [0.15, 0.2) is 29.4 Å². The Bertz CT molecular complexity index is 705. The molecule has 0 N–H and O–H groups in total. The van der Waals surface area contributed by atoms with E-state index in [1.54, 1.807) is 0 Å². The van der Waals surface area contributed by atoms with Gasteiger partial charge in [-0.1, -0.05) is 23.4 Å². The van der Waals surface area contributed by atoms with E-state index in [2.05, 4.69) is 5.16 Å². The van der Waals surface area contributed by atoms with Gasteiger partial charge in [0, 0.05) is 12.0 Å². The normalized spacial score (nSPS) is 38.5. The molecule has 4 aliphatic rings. The summed E-state index contributed by atoms with van der Waals surface area (Å²) in [5.74, 6) is 0.116. The average Bonchev–Trinajstić information content (AvgIpc) is 3.23. The van der Waals surface area contributed by atoms with Gasteiger partial charge in [-0.15, -0.1) is 0 Å². The number of hydrogen-bond donors (Lipinski definition) is 0. The van der Waals surface area contributed by atoms with E-state index < -0.39 is 12.1 Å². The van der Waals surface area contributed by atoms with Crippen LogP contribution in [-0.4, -0.2) is 48.8 Å². The zero-order chi connectivity index (χ0) is 17.0. The van der Waals surface area contributed by atoms with E-state index in [4.69, 9.17) is 28.5 Å². The Labute approximate surface area is 145 Å². The van der Waals surface area contributed by atoms with Crippen LogP contribution >= 0.6 is 0 Å². The smallest absolute Gasteiger partial charge is 0.190 e. The largest absolute Gasteiger partial charge is 0.489 e. The Morgan fingerprint density at radius 3 is 2.92 bits per heavy atom. The number of nitrogens with zero attached hydrogens (tertiary/aromatic N) is 1. The summed E-state index contributed by atoms with van der Waals surface area (Å²) in [4.78, 5) is 5.52. The van der Waals surface area contributed by atoms with Gasteiger partial charge in [0.05, 0.1) is 12.3 Å². The van der Waals surface area contributed by atoms with Crippen molar-refractivity contribution in [2.75, 3.05) is 6.61 Å². The standard InChI is InChI=1S/C18H21NO6/c1-18(2)23-16-15-14(22-17(16)24-18)12-7-11(25-19-12)9-20-13-6-4-3-5-10(13)8-21-15/h3-6,11,14-17H,7-9H2,1-2H3/t11?,14-,15-,16-,17-/m1/s1. The summed E-state index contributed by atoms with van der Waals surface area (Å²) in [5, 5.41) is 4.21. The number of para-hydroxylation sites is 1. The minimum absolute atomic E-state index is 0.121. The van der Waals surface area contributed by atoms with E-state index in [0.29, 0.717) is 19.6 Å². The molecule has 2 saturated heterocycles. The fourth-order valence-electron chi connectivity index (χ4n) is 3.77. The molecule has 2 bridgehead atoms. The first-order valence-corrected chi connectivity index (χ1v) is 8.65. The van der Waals surface area contributed by atoms with Gasteiger partial charge in [-0.2, -0.15) is 0 Å². The van der Waals surface area contributed by atoms with Crippen LogP contribution < -0.4 is 4.74 Å². The van der Waals surface area contributed by atoms with Gasteiger partial charge in [0.2, 0.25) is 0 Å². The van der Waals surface area contributed by atoms with Gasteiger partial charge in [0.15, 0.2) is 18.2 Å². The van der Waals surface area contributed by atoms with Crippen molar-refractivity contribution in [2.24, 2.45) is 5.16 Å². The Kier molecular flexibility index (Phi) is 3.53. The summed E-state index contributed by atoms with van der Waals surface area (Å²) < 4.78 is 30.1. The molecular formula is C18H21NO6. The van der Waals surface area contributed by atoms with Gasteiger partial charge in [0.25, 0.3) is 0 Å². The molecule has 0 saturated carbocycles. The van der Waals surface area contributed by atoms with Gasteiger partial charge >= 0.3 is 0 Å². The van der Waals surface area contributed by atoms with Gasteiger partial charge in [0.1, 0.15) is 30.7 Å².